The fourth-order valence-electron chi connectivity index (χ4n) is 2.34. The minimum atomic E-state index is 0.931. The summed E-state index contributed by atoms with van der Waals surface area (Å²) < 4.78 is 0. The molecule has 1 N–H and O–H groups in total. The number of benzene rings is 2. The van der Waals surface area contributed by atoms with Gasteiger partial charge in [0.05, 0.1) is 0 Å². The molecule has 1 nitrogen and oxygen atoms in total. The number of hydrogen-bond acceptors (Lipinski definition) is 2. The zero-order chi connectivity index (χ0) is 14.3. The Morgan fingerprint density at radius 2 is 1.52 bits per heavy atom. The van der Waals surface area contributed by atoms with E-state index in [-0.39, 0.29) is 0 Å². The van der Waals surface area contributed by atoms with Crippen molar-refractivity contribution >= 4 is 11.3 Å². The van der Waals surface area contributed by atoms with Crippen LogP contribution in [0, 0.1) is 0 Å². The first-order valence-corrected chi connectivity index (χ1v) is 8.17. The molecular formula is C19H19NS. The van der Waals surface area contributed by atoms with E-state index in [1.54, 1.807) is 0 Å². The lowest BCUT2D eigenvalue weighted by Gasteiger charge is -2.06. The average molecular weight is 293 g/mol. The van der Waals surface area contributed by atoms with Crippen molar-refractivity contribution < 1.29 is 0 Å². The smallest absolute Gasteiger partial charge is 0.0205 e. The van der Waals surface area contributed by atoms with Crippen LogP contribution in [0.4, 0.5) is 0 Å². The summed E-state index contributed by atoms with van der Waals surface area (Å²) >= 11 is 1.83. The number of thiophene rings is 1. The van der Waals surface area contributed by atoms with Gasteiger partial charge in [-0.1, -0.05) is 60.7 Å². The van der Waals surface area contributed by atoms with Crippen LogP contribution in [0.1, 0.15) is 10.4 Å². The minimum absolute atomic E-state index is 0.931. The largest absolute Gasteiger partial charge is 0.312 e. The predicted octanol–water partition coefficient (Wildman–Crippen LogP) is 4.75. The molecule has 0 aliphatic heterocycles. The van der Waals surface area contributed by atoms with Crippen molar-refractivity contribution in [2.45, 2.75) is 13.0 Å². The van der Waals surface area contributed by atoms with Gasteiger partial charge in [-0.15, -0.1) is 11.3 Å². The summed E-state index contributed by atoms with van der Waals surface area (Å²) in [5.41, 5.74) is 3.88. The molecule has 3 aromatic rings. The molecule has 0 saturated heterocycles. The maximum absolute atomic E-state index is 3.51. The van der Waals surface area contributed by atoms with Crippen LogP contribution in [0.15, 0.2) is 72.1 Å². The Labute approximate surface area is 130 Å². The van der Waals surface area contributed by atoms with Crippen LogP contribution in [0.3, 0.4) is 0 Å². The summed E-state index contributed by atoms with van der Waals surface area (Å²) in [5, 5.41) is 5.64. The molecule has 0 spiro atoms. The molecule has 0 aliphatic carbocycles. The SMILES string of the molecule is c1ccc(-c2ccc(CNCCc3cccs3)cc2)cc1. The van der Waals surface area contributed by atoms with Crippen LogP contribution in [0.25, 0.3) is 11.1 Å². The molecule has 0 atom stereocenters. The molecule has 0 radical (unpaired) electrons. The van der Waals surface area contributed by atoms with E-state index in [1.165, 1.54) is 21.6 Å². The van der Waals surface area contributed by atoms with Crippen LogP contribution in [-0.2, 0) is 13.0 Å². The summed E-state index contributed by atoms with van der Waals surface area (Å²) in [4.78, 5) is 1.45. The molecule has 3 rings (SSSR count). The Morgan fingerprint density at radius 1 is 0.762 bits per heavy atom. The third kappa shape index (κ3) is 4.03. The normalized spacial score (nSPS) is 10.7. The Hall–Kier alpha value is -1.90. The van der Waals surface area contributed by atoms with Gasteiger partial charge in [-0.2, -0.15) is 0 Å². The first-order valence-electron chi connectivity index (χ1n) is 7.29. The van der Waals surface area contributed by atoms with Gasteiger partial charge in [0.2, 0.25) is 0 Å². The van der Waals surface area contributed by atoms with Crippen LogP contribution >= 0.6 is 11.3 Å². The Bertz CT molecular complexity index is 642. The fraction of sp³-hybridized carbons (Fsp3) is 0.158. The standard InChI is InChI=1S/C19H19NS/c1-2-5-17(6-3-1)18-10-8-16(9-11-18)15-20-13-12-19-7-4-14-21-19/h1-11,14,20H,12-13,15H2. The van der Waals surface area contributed by atoms with Crippen LogP contribution in [-0.4, -0.2) is 6.54 Å². The van der Waals surface area contributed by atoms with E-state index in [0.29, 0.717) is 0 Å². The third-order valence-corrected chi connectivity index (χ3v) is 4.45. The van der Waals surface area contributed by atoms with Gasteiger partial charge >= 0.3 is 0 Å². The Balaban J connectivity index is 1.50. The summed E-state index contributed by atoms with van der Waals surface area (Å²) in [6.07, 6.45) is 1.11. The molecule has 0 saturated carbocycles. The summed E-state index contributed by atoms with van der Waals surface area (Å²) in [7, 11) is 0. The zero-order valence-corrected chi connectivity index (χ0v) is 12.8. The predicted molar refractivity (Wildman–Crippen MR) is 91.6 cm³/mol. The van der Waals surface area contributed by atoms with Crippen molar-refractivity contribution in [2.24, 2.45) is 0 Å². The van der Waals surface area contributed by atoms with Crippen molar-refractivity contribution in [2.75, 3.05) is 6.54 Å². The van der Waals surface area contributed by atoms with Gasteiger partial charge in [-0.05, 0) is 34.6 Å². The van der Waals surface area contributed by atoms with Gasteiger partial charge in [-0.3, -0.25) is 0 Å². The third-order valence-electron chi connectivity index (χ3n) is 3.52. The highest BCUT2D eigenvalue weighted by molar-refractivity contribution is 7.09. The molecule has 0 aliphatic rings. The molecule has 2 heteroatoms. The lowest BCUT2D eigenvalue weighted by atomic mass is 10.0. The second kappa shape index (κ2) is 7.21. The van der Waals surface area contributed by atoms with E-state index < -0.39 is 0 Å². The van der Waals surface area contributed by atoms with E-state index in [0.717, 1.165) is 19.5 Å². The highest BCUT2D eigenvalue weighted by atomic mass is 32.1. The molecule has 0 unspecified atom stereocenters. The number of hydrogen-bond donors (Lipinski definition) is 1. The first kappa shape index (κ1) is 14.1. The maximum atomic E-state index is 3.51. The van der Waals surface area contributed by atoms with Crippen molar-refractivity contribution in [3.8, 4) is 11.1 Å². The molecule has 1 heterocycles. The van der Waals surface area contributed by atoms with Crippen molar-refractivity contribution in [3.63, 3.8) is 0 Å². The van der Waals surface area contributed by atoms with E-state index in [9.17, 15) is 0 Å². The molecule has 106 valence electrons. The molecule has 0 amide bonds. The molecule has 2 aromatic carbocycles. The molecule has 0 bridgehead atoms. The van der Waals surface area contributed by atoms with E-state index in [4.69, 9.17) is 0 Å². The van der Waals surface area contributed by atoms with Crippen LogP contribution < -0.4 is 5.32 Å². The Morgan fingerprint density at radius 3 is 2.24 bits per heavy atom. The molecule has 1 aromatic heterocycles. The highest BCUT2D eigenvalue weighted by Crippen LogP contribution is 2.19. The van der Waals surface area contributed by atoms with E-state index >= 15 is 0 Å². The Kier molecular flexibility index (Phi) is 4.82. The maximum Gasteiger partial charge on any atom is 0.0205 e. The number of nitrogens with one attached hydrogen (secondary N) is 1. The minimum Gasteiger partial charge on any atom is -0.312 e. The first-order chi connectivity index (χ1) is 10.4. The van der Waals surface area contributed by atoms with Crippen molar-refractivity contribution in [3.05, 3.63) is 82.6 Å². The zero-order valence-electron chi connectivity index (χ0n) is 12.0. The molecular weight excluding hydrogens is 274 g/mol. The van der Waals surface area contributed by atoms with Crippen molar-refractivity contribution in [1.82, 2.24) is 5.32 Å². The summed E-state index contributed by atoms with van der Waals surface area (Å²) in [5.74, 6) is 0. The molecule has 21 heavy (non-hydrogen) atoms. The van der Waals surface area contributed by atoms with Gasteiger partial charge < -0.3 is 5.32 Å². The summed E-state index contributed by atoms with van der Waals surface area (Å²) in [6.45, 7) is 1.96. The molecule has 0 fully saturated rings. The second-order valence-corrected chi connectivity index (χ2v) is 6.10. The van der Waals surface area contributed by atoms with Crippen molar-refractivity contribution in [1.29, 1.82) is 0 Å². The van der Waals surface area contributed by atoms with Crippen LogP contribution in [0.2, 0.25) is 0 Å². The average Bonchev–Trinajstić information content (AvgIpc) is 3.06. The van der Waals surface area contributed by atoms with Gasteiger partial charge in [0, 0.05) is 18.0 Å². The second-order valence-electron chi connectivity index (χ2n) is 5.07. The topological polar surface area (TPSA) is 12.0 Å². The van der Waals surface area contributed by atoms with Gasteiger partial charge in [0.15, 0.2) is 0 Å². The van der Waals surface area contributed by atoms with Gasteiger partial charge in [0.1, 0.15) is 0 Å². The lowest BCUT2D eigenvalue weighted by Crippen LogP contribution is -2.16. The summed E-state index contributed by atoms with van der Waals surface area (Å²) in [6, 6.07) is 23.6. The van der Waals surface area contributed by atoms with E-state index in [1.807, 2.05) is 11.3 Å². The van der Waals surface area contributed by atoms with Gasteiger partial charge in [0.25, 0.3) is 0 Å². The quantitative estimate of drug-likeness (QED) is 0.647. The monoisotopic (exact) mass is 293 g/mol. The highest BCUT2D eigenvalue weighted by Gasteiger charge is 1.98. The fourth-order valence-corrected chi connectivity index (χ4v) is 3.05. The van der Waals surface area contributed by atoms with Crippen LogP contribution in [0.5, 0.6) is 0 Å². The lowest BCUT2D eigenvalue weighted by molar-refractivity contribution is 0.691. The number of rotatable bonds is 6. The van der Waals surface area contributed by atoms with E-state index in [2.05, 4.69) is 77.4 Å². The van der Waals surface area contributed by atoms with Gasteiger partial charge in [-0.25, -0.2) is 0 Å².